The van der Waals surface area contributed by atoms with E-state index in [1.165, 1.54) is 18.4 Å². The summed E-state index contributed by atoms with van der Waals surface area (Å²) >= 11 is 0. The highest BCUT2D eigenvalue weighted by atomic mass is 35.5. The highest BCUT2D eigenvalue weighted by Crippen LogP contribution is 2.38. The van der Waals surface area contributed by atoms with Crippen LogP contribution in [0.25, 0.3) is 0 Å². The second-order valence-electron chi connectivity index (χ2n) is 6.35. The first-order valence-electron chi connectivity index (χ1n) is 7.87. The van der Waals surface area contributed by atoms with Crippen LogP contribution in [0.15, 0.2) is 36.5 Å². The summed E-state index contributed by atoms with van der Waals surface area (Å²) in [6.45, 7) is 1.26. The third-order valence-electron chi connectivity index (χ3n) is 4.67. The third-order valence-corrected chi connectivity index (χ3v) is 4.67. The second-order valence-corrected chi connectivity index (χ2v) is 6.35. The lowest BCUT2D eigenvalue weighted by Gasteiger charge is -2.15. The van der Waals surface area contributed by atoms with Crippen molar-refractivity contribution in [3.8, 4) is 0 Å². The Morgan fingerprint density at radius 3 is 2.54 bits per heavy atom. The van der Waals surface area contributed by atoms with Gasteiger partial charge in [0, 0.05) is 31.0 Å². The highest BCUT2D eigenvalue weighted by molar-refractivity contribution is 5.92. The van der Waals surface area contributed by atoms with Crippen molar-refractivity contribution in [1.29, 1.82) is 0 Å². The van der Waals surface area contributed by atoms with E-state index in [9.17, 15) is 4.79 Å². The molecule has 0 unspecified atom stereocenters. The molecule has 130 valence electrons. The first-order chi connectivity index (χ1) is 10.7. The highest BCUT2D eigenvalue weighted by Gasteiger charge is 2.35. The van der Waals surface area contributed by atoms with Crippen LogP contribution in [0.2, 0.25) is 0 Å². The van der Waals surface area contributed by atoms with Gasteiger partial charge in [0.25, 0.3) is 5.91 Å². The van der Waals surface area contributed by atoms with E-state index in [0.29, 0.717) is 24.7 Å². The van der Waals surface area contributed by atoms with Gasteiger partial charge in [0.1, 0.15) is 11.5 Å². The normalized spacial score (nSPS) is 22.6. The molecule has 24 heavy (non-hydrogen) atoms. The van der Waals surface area contributed by atoms with Gasteiger partial charge in [-0.25, -0.2) is 4.98 Å². The molecule has 1 aliphatic carbocycles. The van der Waals surface area contributed by atoms with Crippen LogP contribution >= 0.6 is 24.8 Å². The molecule has 0 spiro atoms. The number of aromatic nitrogens is 2. The van der Waals surface area contributed by atoms with Crippen LogP contribution in [0.3, 0.4) is 0 Å². The standard InChI is InChI=1S/C17H20N4O.2ClH/c18-14-10-21(9-13(14)11-4-2-1-3-5-11)17(22)15-8-19-16(20-15)12-6-7-12;;/h1-5,8,12-14H,6-7,9-10,18H2,(H,19,20);2*1H/t13-,14+;;/m0../s1. The zero-order valence-electron chi connectivity index (χ0n) is 13.2. The maximum atomic E-state index is 12.6. The first-order valence-corrected chi connectivity index (χ1v) is 7.87. The average Bonchev–Trinajstić information content (AvgIpc) is 3.15. The summed E-state index contributed by atoms with van der Waals surface area (Å²) in [7, 11) is 0. The Morgan fingerprint density at radius 1 is 1.17 bits per heavy atom. The summed E-state index contributed by atoms with van der Waals surface area (Å²) in [5.41, 5.74) is 8.05. The fourth-order valence-electron chi connectivity index (χ4n) is 3.23. The summed E-state index contributed by atoms with van der Waals surface area (Å²) in [5, 5.41) is 0. The number of rotatable bonds is 3. The van der Waals surface area contributed by atoms with E-state index in [1.807, 2.05) is 23.1 Å². The van der Waals surface area contributed by atoms with Gasteiger partial charge in [-0.3, -0.25) is 4.79 Å². The topological polar surface area (TPSA) is 75.0 Å². The Labute approximate surface area is 153 Å². The fraction of sp³-hybridized carbons (Fsp3) is 0.412. The Hall–Kier alpha value is -1.56. The SMILES string of the molecule is Cl.Cl.N[C@@H]1CN(C(=O)c2cnc(C3CC3)[nH]2)C[C@H]1c1ccccc1. The van der Waals surface area contributed by atoms with Crippen LogP contribution in [0, 0.1) is 0 Å². The summed E-state index contributed by atoms with van der Waals surface area (Å²) in [4.78, 5) is 22.0. The van der Waals surface area contributed by atoms with Gasteiger partial charge in [-0.15, -0.1) is 24.8 Å². The van der Waals surface area contributed by atoms with E-state index >= 15 is 0 Å². The fourth-order valence-corrected chi connectivity index (χ4v) is 3.23. The molecule has 2 aliphatic rings. The van der Waals surface area contributed by atoms with Crippen molar-refractivity contribution in [3.05, 3.63) is 53.6 Å². The largest absolute Gasteiger partial charge is 0.338 e. The molecule has 1 aromatic carbocycles. The van der Waals surface area contributed by atoms with Crippen LogP contribution in [-0.2, 0) is 0 Å². The minimum Gasteiger partial charge on any atom is -0.338 e. The second kappa shape index (κ2) is 7.55. The zero-order valence-corrected chi connectivity index (χ0v) is 14.9. The predicted molar refractivity (Wildman–Crippen MR) is 98.1 cm³/mol. The first kappa shape index (κ1) is 18.8. The van der Waals surface area contributed by atoms with E-state index < -0.39 is 0 Å². The van der Waals surface area contributed by atoms with Gasteiger partial charge in [0.15, 0.2) is 0 Å². The van der Waals surface area contributed by atoms with Crippen molar-refractivity contribution in [2.45, 2.75) is 30.7 Å². The molecule has 1 aromatic heterocycles. The monoisotopic (exact) mass is 368 g/mol. The third kappa shape index (κ3) is 3.58. The van der Waals surface area contributed by atoms with Crippen molar-refractivity contribution in [1.82, 2.24) is 14.9 Å². The molecule has 2 fully saturated rings. The maximum absolute atomic E-state index is 12.6. The Balaban J connectivity index is 0.00000104. The van der Waals surface area contributed by atoms with Crippen molar-refractivity contribution in [3.63, 3.8) is 0 Å². The number of nitrogens with zero attached hydrogens (tertiary/aromatic N) is 2. The van der Waals surface area contributed by atoms with Crippen LogP contribution in [0.4, 0.5) is 0 Å². The molecule has 3 N–H and O–H groups in total. The molecule has 1 saturated carbocycles. The molecular weight excluding hydrogens is 347 g/mol. The maximum Gasteiger partial charge on any atom is 0.271 e. The molecule has 1 aliphatic heterocycles. The number of likely N-dealkylation sites (tertiary alicyclic amines) is 1. The smallest absolute Gasteiger partial charge is 0.271 e. The summed E-state index contributed by atoms with van der Waals surface area (Å²) in [5.74, 6) is 1.69. The summed E-state index contributed by atoms with van der Waals surface area (Å²) < 4.78 is 0. The van der Waals surface area contributed by atoms with Crippen molar-refractivity contribution >= 4 is 30.7 Å². The molecule has 4 rings (SSSR count). The van der Waals surface area contributed by atoms with Crippen molar-refractivity contribution in [2.75, 3.05) is 13.1 Å². The van der Waals surface area contributed by atoms with Gasteiger partial charge in [-0.05, 0) is 18.4 Å². The lowest BCUT2D eigenvalue weighted by molar-refractivity contribution is 0.0784. The molecule has 1 amide bonds. The number of carbonyl (C=O) groups excluding carboxylic acids is 1. The van der Waals surface area contributed by atoms with E-state index in [1.54, 1.807) is 6.20 Å². The lowest BCUT2D eigenvalue weighted by Crippen LogP contribution is -2.32. The molecule has 7 heteroatoms. The molecule has 0 bridgehead atoms. The number of benzene rings is 1. The number of H-pyrrole nitrogens is 1. The van der Waals surface area contributed by atoms with E-state index in [-0.39, 0.29) is 42.7 Å². The van der Waals surface area contributed by atoms with Gasteiger partial charge in [0.2, 0.25) is 0 Å². The minimum atomic E-state index is -0.0165. The molecule has 2 heterocycles. The van der Waals surface area contributed by atoms with E-state index in [4.69, 9.17) is 5.73 Å². The minimum absolute atomic E-state index is 0. The van der Waals surface area contributed by atoms with Crippen LogP contribution in [0.1, 0.15) is 46.6 Å². The number of imidazole rings is 1. The van der Waals surface area contributed by atoms with Crippen LogP contribution in [0.5, 0.6) is 0 Å². The molecular formula is C17H22Cl2N4O. The molecule has 0 radical (unpaired) electrons. The van der Waals surface area contributed by atoms with Crippen molar-refractivity contribution in [2.24, 2.45) is 5.73 Å². The number of aromatic amines is 1. The van der Waals surface area contributed by atoms with Crippen molar-refractivity contribution < 1.29 is 4.79 Å². The number of amides is 1. The quantitative estimate of drug-likeness (QED) is 0.874. The van der Waals surface area contributed by atoms with Gasteiger partial charge in [-0.2, -0.15) is 0 Å². The van der Waals surface area contributed by atoms with E-state index in [0.717, 1.165) is 5.82 Å². The molecule has 1 saturated heterocycles. The van der Waals surface area contributed by atoms with Crippen LogP contribution < -0.4 is 5.73 Å². The Bertz CT molecular complexity index is 687. The summed E-state index contributed by atoms with van der Waals surface area (Å²) in [6.07, 6.45) is 4.01. The average molecular weight is 369 g/mol. The molecule has 2 atom stereocenters. The van der Waals surface area contributed by atoms with Gasteiger partial charge in [-0.1, -0.05) is 30.3 Å². The molecule has 2 aromatic rings. The lowest BCUT2D eigenvalue weighted by atomic mass is 9.95. The molecule has 5 nitrogen and oxygen atoms in total. The number of nitrogens with two attached hydrogens (primary N) is 1. The Morgan fingerprint density at radius 2 is 1.88 bits per heavy atom. The Kier molecular flexibility index (Phi) is 5.91. The predicted octanol–water partition coefficient (Wildman–Crippen LogP) is 2.70. The number of hydrogen-bond acceptors (Lipinski definition) is 3. The number of nitrogens with one attached hydrogen (secondary N) is 1. The van der Waals surface area contributed by atoms with Gasteiger partial charge < -0.3 is 15.6 Å². The van der Waals surface area contributed by atoms with E-state index in [2.05, 4.69) is 22.1 Å². The number of halogens is 2. The van der Waals surface area contributed by atoms with Gasteiger partial charge >= 0.3 is 0 Å². The number of hydrogen-bond donors (Lipinski definition) is 2. The number of carbonyl (C=O) groups is 1. The zero-order chi connectivity index (χ0) is 15.1. The van der Waals surface area contributed by atoms with Gasteiger partial charge in [0.05, 0.1) is 6.20 Å². The summed E-state index contributed by atoms with van der Waals surface area (Å²) in [6, 6.07) is 10.2. The van der Waals surface area contributed by atoms with Crippen LogP contribution in [-0.4, -0.2) is 39.9 Å².